The van der Waals surface area contributed by atoms with Gasteiger partial charge < -0.3 is 14.8 Å². The molecule has 6 nitrogen and oxygen atoms in total. The fourth-order valence-corrected chi connectivity index (χ4v) is 1.90. The molecule has 1 N–H and O–H groups in total. The Balaban J connectivity index is 1.86. The van der Waals surface area contributed by atoms with Crippen molar-refractivity contribution < 1.29 is 19.1 Å². The number of benzene rings is 1. The zero-order valence-electron chi connectivity index (χ0n) is 13.5. The molecule has 0 aliphatic rings. The van der Waals surface area contributed by atoms with Gasteiger partial charge in [0, 0.05) is 24.9 Å². The lowest BCUT2D eigenvalue weighted by molar-refractivity contribution is -0.116. The van der Waals surface area contributed by atoms with Gasteiger partial charge in [-0.25, -0.2) is 9.78 Å². The molecule has 0 unspecified atom stereocenters. The number of methoxy groups -OCH3 is 2. The molecular formula is C18H18N2O4. The van der Waals surface area contributed by atoms with E-state index in [2.05, 4.69) is 15.0 Å². The molecule has 0 fully saturated rings. The van der Waals surface area contributed by atoms with Crippen LogP contribution in [0.25, 0.3) is 6.08 Å². The summed E-state index contributed by atoms with van der Waals surface area (Å²) in [6, 6.07) is 10.3. The summed E-state index contributed by atoms with van der Waals surface area (Å²) in [5.74, 6) is -0.0837. The van der Waals surface area contributed by atoms with Crippen molar-refractivity contribution in [3.05, 3.63) is 65.4 Å². The molecule has 124 valence electrons. The van der Waals surface area contributed by atoms with Gasteiger partial charge in [0.15, 0.2) is 0 Å². The molecule has 2 rings (SSSR count). The van der Waals surface area contributed by atoms with Crippen LogP contribution in [-0.4, -0.2) is 31.1 Å². The molecule has 0 aliphatic carbocycles. The Kier molecular flexibility index (Phi) is 6.08. The van der Waals surface area contributed by atoms with E-state index in [0.29, 0.717) is 18.0 Å². The Labute approximate surface area is 140 Å². The summed E-state index contributed by atoms with van der Waals surface area (Å²) in [5, 5.41) is 2.76. The Morgan fingerprint density at radius 1 is 1.12 bits per heavy atom. The average Bonchev–Trinajstić information content (AvgIpc) is 2.64. The summed E-state index contributed by atoms with van der Waals surface area (Å²) in [6.45, 7) is 0.376. The molecule has 1 aromatic carbocycles. The average molecular weight is 326 g/mol. The lowest BCUT2D eigenvalue weighted by Crippen LogP contribution is -2.20. The van der Waals surface area contributed by atoms with E-state index in [1.165, 1.54) is 13.2 Å². The molecular weight excluding hydrogens is 308 g/mol. The maximum absolute atomic E-state index is 11.8. The second kappa shape index (κ2) is 8.47. The van der Waals surface area contributed by atoms with Gasteiger partial charge in [-0.05, 0) is 29.3 Å². The number of esters is 1. The molecule has 1 aromatic heterocycles. The van der Waals surface area contributed by atoms with E-state index in [1.807, 2.05) is 6.07 Å². The van der Waals surface area contributed by atoms with Gasteiger partial charge in [-0.1, -0.05) is 18.2 Å². The number of ether oxygens (including phenoxy) is 2. The van der Waals surface area contributed by atoms with Crippen LogP contribution in [0.15, 0.2) is 48.7 Å². The van der Waals surface area contributed by atoms with Gasteiger partial charge in [-0.15, -0.1) is 0 Å². The summed E-state index contributed by atoms with van der Waals surface area (Å²) >= 11 is 0. The quantitative estimate of drug-likeness (QED) is 0.650. The van der Waals surface area contributed by atoms with E-state index in [1.54, 1.807) is 49.7 Å². The summed E-state index contributed by atoms with van der Waals surface area (Å²) in [7, 11) is 2.88. The molecule has 0 aliphatic heterocycles. The number of carbonyl (C=O) groups excluding carboxylic acids is 2. The predicted molar refractivity (Wildman–Crippen MR) is 89.5 cm³/mol. The highest BCUT2D eigenvalue weighted by Crippen LogP contribution is 2.08. The number of nitrogens with zero attached hydrogens (tertiary/aromatic N) is 1. The second-order valence-electron chi connectivity index (χ2n) is 4.87. The summed E-state index contributed by atoms with van der Waals surface area (Å²) in [5.41, 5.74) is 2.15. The normalized spacial score (nSPS) is 10.4. The molecule has 0 radical (unpaired) electrons. The topological polar surface area (TPSA) is 77.5 Å². The summed E-state index contributed by atoms with van der Waals surface area (Å²) < 4.78 is 9.60. The van der Waals surface area contributed by atoms with Crippen molar-refractivity contribution in [2.75, 3.05) is 14.2 Å². The van der Waals surface area contributed by atoms with E-state index < -0.39 is 5.97 Å². The molecule has 0 bridgehead atoms. The van der Waals surface area contributed by atoms with Gasteiger partial charge in [0.05, 0.1) is 19.8 Å². The predicted octanol–water partition coefficient (Wildman–Crippen LogP) is 2.21. The zero-order valence-corrected chi connectivity index (χ0v) is 13.5. The van der Waals surface area contributed by atoms with E-state index in [-0.39, 0.29) is 5.91 Å². The molecule has 1 amide bonds. The fourth-order valence-electron chi connectivity index (χ4n) is 1.90. The smallest absolute Gasteiger partial charge is 0.337 e. The third-order valence-corrected chi connectivity index (χ3v) is 3.23. The van der Waals surface area contributed by atoms with Crippen molar-refractivity contribution >= 4 is 18.0 Å². The molecule has 6 heteroatoms. The van der Waals surface area contributed by atoms with E-state index in [0.717, 1.165) is 11.1 Å². The van der Waals surface area contributed by atoms with Gasteiger partial charge in [0.1, 0.15) is 0 Å². The molecule has 0 atom stereocenters. The van der Waals surface area contributed by atoms with Gasteiger partial charge in [0.2, 0.25) is 11.8 Å². The Morgan fingerprint density at radius 2 is 1.88 bits per heavy atom. The first kappa shape index (κ1) is 17.2. The number of aromatic nitrogens is 1. The van der Waals surface area contributed by atoms with Crippen LogP contribution in [0.4, 0.5) is 0 Å². The Hall–Kier alpha value is -3.15. The van der Waals surface area contributed by atoms with Crippen LogP contribution in [0.3, 0.4) is 0 Å². The van der Waals surface area contributed by atoms with Crippen LogP contribution in [0, 0.1) is 0 Å². The minimum atomic E-state index is -0.392. The molecule has 1 heterocycles. The van der Waals surface area contributed by atoms with Crippen LogP contribution >= 0.6 is 0 Å². The monoisotopic (exact) mass is 326 g/mol. The number of nitrogens with one attached hydrogen (secondary N) is 1. The fraction of sp³-hybridized carbons (Fsp3) is 0.167. The Bertz CT molecular complexity index is 722. The minimum Gasteiger partial charge on any atom is -0.481 e. The van der Waals surface area contributed by atoms with Crippen molar-refractivity contribution in [1.29, 1.82) is 0 Å². The van der Waals surface area contributed by atoms with E-state index in [9.17, 15) is 9.59 Å². The van der Waals surface area contributed by atoms with Crippen LogP contribution in [0.2, 0.25) is 0 Å². The van der Waals surface area contributed by atoms with Crippen LogP contribution in [0.1, 0.15) is 21.5 Å². The molecule has 24 heavy (non-hydrogen) atoms. The lowest BCUT2D eigenvalue weighted by atomic mass is 10.1. The van der Waals surface area contributed by atoms with Gasteiger partial charge in [-0.3, -0.25) is 4.79 Å². The SMILES string of the molecule is COC(=O)c1ccc(/C=C/C(=O)NCc2ccc(OC)nc2)cc1. The van der Waals surface area contributed by atoms with Crippen molar-refractivity contribution in [3.8, 4) is 5.88 Å². The van der Waals surface area contributed by atoms with E-state index >= 15 is 0 Å². The standard InChI is InChI=1S/C18H18N2O4/c1-23-17-10-6-14(12-20-17)11-19-16(21)9-5-13-3-7-15(8-4-13)18(22)24-2/h3-10,12H,11H2,1-2H3,(H,19,21)/b9-5+. The zero-order chi connectivity index (χ0) is 17.4. The molecule has 0 saturated carbocycles. The van der Waals surface area contributed by atoms with Crippen molar-refractivity contribution in [1.82, 2.24) is 10.3 Å². The number of hydrogen-bond donors (Lipinski definition) is 1. The number of rotatable bonds is 6. The van der Waals surface area contributed by atoms with Gasteiger partial charge >= 0.3 is 5.97 Å². The number of hydrogen-bond acceptors (Lipinski definition) is 5. The Morgan fingerprint density at radius 3 is 2.46 bits per heavy atom. The second-order valence-corrected chi connectivity index (χ2v) is 4.87. The summed E-state index contributed by atoms with van der Waals surface area (Å²) in [4.78, 5) is 27.2. The number of carbonyl (C=O) groups is 2. The van der Waals surface area contributed by atoms with Crippen LogP contribution in [-0.2, 0) is 16.1 Å². The lowest BCUT2D eigenvalue weighted by Gasteiger charge is -2.03. The number of amides is 1. The maximum atomic E-state index is 11.8. The third-order valence-electron chi connectivity index (χ3n) is 3.23. The highest BCUT2D eigenvalue weighted by molar-refractivity contribution is 5.92. The van der Waals surface area contributed by atoms with Crippen molar-refractivity contribution in [2.24, 2.45) is 0 Å². The third kappa shape index (κ3) is 4.95. The molecule has 2 aromatic rings. The van der Waals surface area contributed by atoms with Crippen molar-refractivity contribution in [3.63, 3.8) is 0 Å². The summed E-state index contributed by atoms with van der Waals surface area (Å²) in [6.07, 6.45) is 4.75. The first-order valence-electron chi connectivity index (χ1n) is 7.25. The van der Waals surface area contributed by atoms with Crippen LogP contribution in [0.5, 0.6) is 5.88 Å². The van der Waals surface area contributed by atoms with Crippen LogP contribution < -0.4 is 10.1 Å². The maximum Gasteiger partial charge on any atom is 0.337 e. The molecule has 0 saturated heterocycles. The highest BCUT2D eigenvalue weighted by atomic mass is 16.5. The van der Waals surface area contributed by atoms with Gasteiger partial charge in [-0.2, -0.15) is 0 Å². The van der Waals surface area contributed by atoms with Gasteiger partial charge in [0.25, 0.3) is 0 Å². The van der Waals surface area contributed by atoms with Crippen molar-refractivity contribution in [2.45, 2.75) is 6.54 Å². The minimum absolute atomic E-state index is 0.220. The first-order valence-corrected chi connectivity index (χ1v) is 7.25. The molecule has 0 spiro atoms. The highest BCUT2D eigenvalue weighted by Gasteiger charge is 2.03. The number of pyridine rings is 1. The van der Waals surface area contributed by atoms with E-state index in [4.69, 9.17) is 4.74 Å². The first-order chi connectivity index (χ1) is 11.6. The largest absolute Gasteiger partial charge is 0.481 e.